The highest BCUT2D eigenvalue weighted by Gasteiger charge is 2.06. The van der Waals surface area contributed by atoms with E-state index in [2.05, 4.69) is 17.4 Å². The van der Waals surface area contributed by atoms with E-state index < -0.39 is 0 Å². The summed E-state index contributed by atoms with van der Waals surface area (Å²) in [6.07, 6.45) is 1.89. The average Bonchev–Trinajstić information content (AvgIpc) is 2.38. The maximum atomic E-state index is 11.4. The second-order valence-electron chi connectivity index (χ2n) is 4.23. The van der Waals surface area contributed by atoms with Crippen LogP contribution in [0, 0.1) is 0 Å². The SMILES string of the molecule is CCOC(=O)/C(C)=C/[C@@H](C)NCc1ccccc1. The van der Waals surface area contributed by atoms with Gasteiger partial charge in [-0.1, -0.05) is 36.4 Å². The molecule has 3 nitrogen and oxygen atoms in total. The van der Waals surface area contributed by atoms with Crippen molar-refractivity contribution in [3.05, 3.63) is 47.5 Å². The molecule has 0 unspecified atom stereocenters. The molecule has 0 aliphatic rings. The Morgan fingerprint density at radius 3 is 2.67 bits per heavy atom. The molecule has 98 valence electrons. The molecule has 0 heterocycles. The molecule has 1 rings (SSSR count). The maximum Gasteiger partial charge on any atom is 0.333 e. The Bertz CT molecular complexity index is 398. The third-order valence-electron chi connectivity index (χ3n) is 2.57. The normalized spacial score (nSPS) is 13.2. The summed E-state index contributed by atoms with van der Waals surface area (Å²) in [5.41, 5.74) is 1.87. The van der Waals surface area contributed by atoms with Gasteiger partial charge < -0.3 is 10.1 Å². The van der Waals surface area contributed by atoms with Crippen molar-refractivity contribution in [2.24, 2.45) is 0 Å². The Hall–Kier alpha value is -1.61. The van der Waals surface area contributed by atoms with Gasteiger partial charge in [-0.05, 0) is 26.3 Å². The average molecular weight is 247 g/mol. The highest BCUT2D eigenvalue weighted by molar-refractivity contribution is 5.87. The summed E-state index contributed by atoms with van der Waals surface area (Å²) in [5.74, 6) is -0.245. The van der Waals surface area contributed by atoms with Gasteiger partial charge in [0.25, 0.3) is 0 Å². The molecule has 1 aromatic carbocycles. The van der Waals surface area contributed by atoms with Crippen LogP contribution >= 0.6 is 0 Å². The van der Waals surface area contributed by atoms with E-state index in [4.69, 9.17) is 4.74 Å². The van der Waals surface area contributed by atoms with Gasteiger partial charge in [-0.25, -0.2) is 4.79 Å². The summed E-state index contributed by atoms with van der Waals surface area (Å²) in [7, 11) is 0. The number of nitrogens with one attached hydrogen (secondary N) is 1. The molecular formula is C15H21NO2. The van der Waals surface area contributed by atoms with Gasteiger partial charge >= 0.3 is 5.97 Å². The van der Waals surface area contributed by atoms with E-state index in [0.717, 1.165) is 6.54 Å². The van der Waals surface area contributed by atoms with Crippen LogP contribution in [0.3, 0.4) is 0 Å². The van der Waals surface area contributed by atoms with Crippen LogP contribution in [0.15, 0.2) is 42.0 Å². The molecule has 0 spiro atoms. The molecule has 1 atom stereocenters. The van der Waals surface area contributed by atoms with E-state index in [-0.39, 0.29) is 12.0 Å². The lowest BCUT2D eigenvalue weighted by Gasteiger charge is -2.11. The zero-order valence-corrected chi connectivity index (χ0v) is 11.3. The van der Waals surface area contributed by atoms with Crippen LogP contribution in [0.5, 0.6) is 0 Å². The highest BCUT2D eigenvalue weighted by atomic mass is 16.5. The Kier molecular flexibility index (Phi) is 6.15. The lowest BCUT2D eigenvalue weighted by Crippen LogP contribution is -2.24. The Morgan fingerprint density at radius 1 is 1.39 bits per heavy atom. The first-order valence-electron chi connectivity index (χ1n) is 6.26. The molecular weight excluding hydrogens is 226 g/mol. The summed E-state index contributed by atoms with van der Waals surface area (Å²) >= 11 is 0. The first-order chi connectivity index (χ1) is 8.63. The van der Waals surface area contributed by atoms with Crippen LogP contribution in [0.4, 0.5) is 0 Å². The van der Waals surface area contributed by atoms with E-state index in [1.165, 1.54) is 5.56 Å². The zero-order valence-electron chi connectivity index (χ0n) is 11.3. The lowest BCUT2D eigenvalue weighted by molar-refractivity contribution is -0.138. The Morgan fingerprint density at radius 2 is 2.06 bits per heavy atom. The van der Waals surface area contributed by atoms with Gasteiger partial charge in [-0.2, -0.15) is 0 Å². The van der Waals surface area contributed by atoms with Crippen LogP contribution in [-0.4, -0.2) is 18.6 Å². The maximum absolute atomic E-state index is 11.4. The monoisotopic (exact) mass is 247 g/mol. The number of rotatable bonds is 6. The van der Waals surface area contributed by atoms with Gasteiger partial charge in [0.2, 0.25) is 0 Å². The molecule has 0 radical (unpaired) electrons. The van der Waals surface area contributed by atoms with E-state index in [9.17, 15) is 4.79 Å². The predicted octanol–water partition coefficient (Wildman–Crippen LogP) is 2.67. The number of hydrogen-bond donors (Lipinski definition) is 1. The first-order valence-corrected chi connectivity index (χ1v) is 6.26. The van der Waals surface area contributed by atoms with Crippen molar-refractivity contribution in [1.29, 1.82) is 0 Å². The van der Waals surface area contributed by atoms with E-state index in [0.29, 0.717) is 12.2 Å². The molecule has 0 aromatic heterocycles. The standard InChI is InChI=1S/C15H21NO2/c1-4-18-15(17)12(2)10-13(3)16-11-14-8-6-5-7-9-14/h5-10,13,16H,4,11H2,1-3H3/b12-10+/t13-/m1/s1. The minimum atomic E-state index is -0.245. The molecule has 0 amide bonds. The predicted molar refractivity (Wildman–Crippen MR) is 73.1 cm³/mol. The van der Waals surface area contributed by atoms with Gasteiger partial charge in [-0.15, -0.1) is 0 Å². The molecule has 0 aliphatic heterocycles. The van der Waals surface area contributed by atoms with Crippen molar-refractivity contribution < 1.29 is 9.53 Å². The molecule has 0 bridgehead atoms. The summed E-state index contributed by atoms with van der Waals surface area (Å²) in [5, 5.41) is 3.34. The smallest absolute Gasteiger partial charge is 0.333 e. The number of hydrogen-bond acceptors (Lipinski definition) is 3. The first kappa shape index (κ1) is 14.5. The van der Waals surface area contributed by atoms with Gasteiger partial charge in [0.1, 0.15) is 0 Å². The molecule has 18 heavy (non-hydrogen) atoms. The van der Waals surface area contributed by atoms with Gasteiger partial charge in [-0.3, -0.25) is 0 Å². The zero-order chi connectivity index (χ0) is 13.4. The summed E-state index contributed by atoms with van der Waals surface area (Å²) in [6, 6.07) is 10.3. The van der Waals surface area contributed by atoms with E-state index in [1.54, 1.807) is 6.92 Å². The largest absolute Gasteiger partial charge is 0.463 e. The minimum absolute atomic E-state index is 0.134. The van der Waals surface area contributed by atoms with Crippen LogP contribution in [0.25, 0.3) is 0 Å². The van der Waals surface area contributed by atoms with Crippen molar-refractivity contribution in [2.75, 3.05) is 6.61 Å². The van der Waals surface area contributed by atoms with E-state index in [1.807, 2.05) is 38.1 Å². The van der Waals surface area contributed by atoms with Gasteiger partial charge in [0.15, 0.2) is 0 Å². The number of carbonyl (C=O) groups is 1. The van der Waals surface area contributed by atoms with Crippen LogP contribution in [0.1, 0.15) is 26.3 Å². The summed E-state index contributed by atoms with van der Waals surface area (Å²) < 4.78 is 4.93. The number of esters is 1. The van der Waals surface area contributed by atoms with Crippen molar-refractivity contribution in [2.45, 2.75) is 33.4 Å². The molecule has 0 saturated heterocycles. The molecule has 0 saturated carbocycles. The molecule has 0 fully saturated rings. The van der Waals surface area contributed by atoms with Crippen molar-refractivity contribution in [1.82, 2.24) is 5.32 Å². The number of benzene rings is 1. The fourth-order valence-electron chi connectivity index (χ4n) is 1.62. The van der Waals surface area contributed by atoms with Crippen LogP contribution in [0.2, 0.25) is 0 Å². The van der Waals surface area contributed by atoms with Crippen LogP contribution in [-0.2, 0) is 16.1 Å². The fraction of sp³-hybridized carbons (Fsp3) is 0.400. The highest BCUT2D eigenvalue weighted by Crippen LogP contribution is 2.02. The van der Waals surface area contributed by atoms with Crippen LogP contribution < -0.4 is 5.32 Å². The quantitative estimate of drug-likeness (QED) is 0.620. The Balaban J connectivity index is 2.43. The third kappa shape index (κ3) is 5.15. The second kappa shape index (κ2) is 7.67. The lowest BCUT2D eigenvalue weighted by atomic mass is 10.2. The molecule has 0 aliphatic carbocycles. The topological polar surface area (TPSA) is 38.3 Å². The van der Waals surface area contributed by atoms with Crippen molar-refractivity contribution in [3.63, 3.8) is 0 Å². The number of carbonyl (C=O) groups excluding carboxylic acids is 1. The van der Waals surface area contributed by atoms with Crippen molar-refractivity contribution in [3.8, 4) is 0 Å². The third-order valence-corrected chi connectivity index (χ3v) is 2.57. The molecule has 1 aromatic rings. The Labute approximate surface area is 109 Å². The number of ether oxygens (including phenoxy) is 1. The minimum Gasteiger partial charge on any atom is -0.463 e. The van der Waals surface area contributed by atoms with Gasteiger partial charge in [0, 0.05) is 18.2 Å². The summed E-state index contributed by atoms with van der Waals surface area (Å²) in [4.78, 5) is 11.4. The molecule has 1 N–H and O–H groups in total. The fourth-order valence-corrected chi connectivity index (χ4v) is 1.62. The second-order valence-corrected chi connectivity index (χ2v) is 4.23. The summed E-state index contributed by atoms with van der Waals surface area (Å²) in [6.45, 7) is 6.80. The van der Waals surface area contributed by atoms with Gasteiger partial charge in [0.05, 0.1) is 6.61 Å². The van der Waals surface area contributed by atoms with E-state index >= 15 is 0 Å². The van der Waals surface area contributed by atoms with Crippen molar-refractivity contribution >= 4 is 5.97 Å². The molecule has 3 heteroatoms.